The molecule has 11 heteroatoms. The molecule has 3 heterocycles. The third-order valence-corrected chi connectivity index (χ3v) is 8.12. The van der Waals surface area contributed by atoms with E-state index in [-0.39, 0.29) is 61.8 Å². The number of rotatable bonds is 2. The first-order chi connectivity index (χ1) is 22.8. The number of ether oxygens (including phenoxy) is 4. The van der Waals surface area contributed by atoms with Crippen molar-refractivity contribution in [2.75, 3.05) is 33.4 Å². The van der Waals surface area contributed by atoms with Crippen molar-refractivity contribution in [2.45, 2.75) is 25.0 Å². The van der Waals surface area contributed by atoms with E-state index in [1.165, 1.54) is 25.3 Å². The smallest absolute Gasteiger partial charge is 0.264 e. The van der Waals surface area contributed by atoms with Crippen molar-refractivity contribution in [3.63, 3.8) is 0 Å². The summed E-state index contributed by atoms with van der Waals surface area (Å²) in [6, 6.07) is 24.7. The van der Waals surface area contributed by atoms with Gasteiger partial charge in [0.1, 0.15) is 29.7 Å². The summed E-state index contributed by atoms with van der Waals surface area (Å²) < 4.78 is 38.4. The second-order valence-electron chi connectivity index (χ2n) is 11.3. The van der Waals surface area contributed by atoms with E-state index < -0.39 is 11.4 Å². The summed E-state index contributed by atoms with van der Waals surface area (Å²) in [5, 5.41) is 5.73. The zero-order valence-electron chi connectivity index (χ0n) is 25.8. The molecule has 4 aromatic carbocycles. The molecule has 242 valence electrons. The molecule has 7 rings (SSSR count). The van der Waals surface area contributed by atoms with E-state index in [0.717, 1.165) is 0 Å². The third-order valence-electron chi connectivity index (χ3n) is 8.12. The molecular weight excluding hydrogens is 605 g/mol. The number of hydrogen-bond donors (Lipinski definition) is 2. The molecule has 3 aliphatic rings. The van der Waals surface area contributed by atoms with E-state index >= 15 is 0 Å². The number of nitrogens with one attached hydrogen (secondary N) is 2. The van der Waals surface area contributed by atoms with Gasteiger partial charge in [0, 0.05) is 49.7 Å². The lowest BCUT2D eigenvalue weighted by atomic mass is 9.89. The zero-order chi connectivity index (χ0) is 32.8. The first-order valence-electron chi connectivity index (χ1n) is 15.3. The lowest BCUT2D eigenvalue weighted by molar-refractivity contribution is -0.141. The number of piperidine rings is 1. The highest BCUT2D eigenvalue weighted by Gasteiger charge is 2.44. The average Bonchev–Trinajstić information content (AvgIpc) is 3.09. The standard InChI is InChI=1S/C36H34FN3O7/c1-44-31-12-7-26-21-32(31)46-30-20-24(19-27(37)22-30)23-39-35(43)36(13-16-40(17-14-36)34(42)25-5-3-2-4-6-25)47-29-10-8-28(9-11-29)45-18-15-38-33(26)41/h2-12,19-22H,13-18,23H2,1H3,(H,38,41)(H,39,43). The molecule has 0 aliphatic carbocycles. The summed E-state index contributed by atoms with van der Waals surface area (Å²) in [4.78, 5) is 41.6. The van der Waals surface area contributed by atoms with Gasteiger partial charge in [-0.25, -0.2) is 4.39 Å². The molecule has 6 bridgehead atoms. The topological polar surface area (TPSA) is 115 Å². The maximum absolute atomic E-state index is 14.8. The molecule has 3 aliphatic heterocycles. The number of halogens is 1. The van der Waals surface area contributed by atoms with Crippen LogP contribution in [0.3, 0.4) is 0 Å². The Hall–Kier alpha value is -5.58. The monoisotopic (exact) mass is 639 g/mol. The Bertz CT molecular complexity index is 1760. The highest BCUT2D eigenvalue weighted by molar-refractivity contribution is 5.95. The quantitative estimate of drug-likeness (QED) is 0.313. The highest BCUT2D eigenvalue weighted by Crippen LogP contribution is 2.34. The molecule has 0 radical (unpaired) electrons. The van der Waals surface area contributed by atoms with E-state index in [4.69, 9.17) is 18.9 Å². The van der Waals surface area contributed by atoms with Gasteiger partial charge >= 0.3 is 0 Å². The van der Waals surface area contributed by atoms with Crippen molar-refractivity contribution < 1.29 is 37.7 Å². The first kappa shape index (κ1) is 31.4. The molecule has 0 atom stereocenters. The molecule has 0 aromatic heterocycles. The molecule has 0 saturated carbocycles. The fraction of sp³-hybridized carbons (Fsp3) is 0.250. The highest BCUT2D eigenvalue weighted by atomic mass is 19.1. The number of nitrogens with zero attached hydrogens (tertiary/aromatic N) is 1. The van der Waals surface area contributed by atoms with Crippen LogP contribution in [0.4, 0.5) is 4.39 Å². The van der Waals surface area contributed by atoms with Crippen molar-refractivity contribution in [2.24, 2.45) is 0 Å². The van der Waals surface area contributed by atoms with Crippen LogP contribution in [-0.4, -0.2) is 61.6 Å². The van der Waals surface area contributed by atoms with Crippen LogP contribution in [0, 0.1) is 5.82 Å². The molecule has 1 fully saturated rings. The van der Waals surface area contributed by atoms with Gasteiger partial charge in [-0.2, -0.15) is 0 Å². The minimum Gasteiger partial charge on any atom is -0.493 e. The maximum Gasteiger partial charge on any atom is 0.264 e. The van der Waals surface area contributed by atoms with Crippen molar-refractivity contribution in [3.8, 4) is 28.7 Å². The summed E-state index contributed by atoms with van der Waals surface area (Å²) in [5.41, 5.74) is 0.0444. The number of amides is 3. The molecule has 1 spiro atoms. The minimum atomic E-state index is -1.29. The summed E-state index contributed by atoms with van der Waals surface area (Å²) in [6.07, 6.45) is 0.478. The van der Waals surface area contributed by atoms with Crippen molar-refractivity contribution in [1.82, 2.24) is 15.5 Å². The Morgan fingerprint density at radius 3 is 2.36 bits per heavy atom. The average molecular weight is 640 g/mol. The van der Waals surface area contributed by atoms with Gasteiger partial charge < -0.3 is 34.5 Å². The van der Waals surface area contributed by atoms with Crippen LogP contribution < -0.4 is 29.6 Å². The normalized spacial score (nSPS) is 16.4. The zero-order valence-corrected chi connectivity index (χ0v) is 25.8. The number of likely N-dealkylation sites (tertiary alicyclic amines) is 1. The summed E-state index contributed by atoms with van der Waals surface area (Å²) in [6.45, 7) is 1.01. The second kappa shape index (κ2) is 13.8. The van der Waals surface area contributed by atoms with Crippen LogP contribution in [0.15, 0.2) is 91.0 Å². The SMILES string of the molecule is COc1ccc2cc1Oc1cc(F)cc(c1)CNC(=O)C1(CCN(C(=O)c3ccccc3)CC1)Oc1ccc(cc1)OCCNC2=O. The van der Waals surface area contributed by atoms with Crippen molar-refractivity contribution in [3.05, 3.63) is 114 Å². The van der Waals surface area contributed by atoms with Crippen LogP contribution in [0.5, 0.6) is 28.7 Å². The Morgan fingerprint density at radius 2 is 1.62 bits per heavy atom. The summed E-state index contributed by atoms with van der Waals surface area (Å²) in [5.74, 6) is 0.301. The van der Waals surface area contributed by atoms with Gasteiger partial charge in [0.15, 0.2) is 17.1 Å². The minimum absolute atomic E-state index is 0.0168. The Kier molecular flexibility index (Phi) is 9.23. The predicted molar refractivity (Wildman–Crippen MR) is 171 cm³/mol. The van der Waals surface area contributed by atoms with Gasteiger partial charge in [-0.05, 0) is 72.3 Å². The number of fused-ring (bicyclic) bond motifs is 8. The predicted octanol–water partition coefficient (Wildman–Crippen LogP) is 5.12. The van der Waals surface area contributed by atoms with Crippen LogP contribution in [-0.2, 0) is 11.3 Å². The van der Waals surface area contributed by atoms with Gasteiger partial charge in [-0.15, -0.1) is 0 Å². The fourth-order valence-electron chi connectivity index (χ4n) is 5.62. The molecular formula is C36H34FN3O7. The summed E-state index contributed by atoms with van der Waals surface area (Å²) >= 11 is 0. The Labute approximate surface area is 271 Å². The number of benzene rings is 4. The van der Waals surface area contributed by atoms with Gasteiger partial charge in [0.25, 0.3) is 17.7 Å². The van der Waals surface area contributed by atoms with E-state index in [1.807, 2.05) is 18.2 Å². The van der Waals surface area contributed by atoms with Crippen LogP contribution in [0.2, 0.25) is 0 Å². The van der Waals surface area contributed by atoms with Gasteiger partial charge in [-0.1, -0.05) is 18.2 Å². The van der Waals surface area contributed by atoms with Crippen LogP contribution >= 0.6 is 0 Å². The molecule has 3 amide bonds. The van der Waals surface area contributed by atoms with Crippen molar-refractivity contribution in [1.29, 1.82) is 0 Å². The lowest BCUT2D eigenvalue weighted by Gasteiger charge is -2.40. The molecule has 4 aromatic rings. The molecule has 0 unspecified atom stereocenters. The number of carbonyl (C=O) groups is 3. The largest absolute Gasteiger partial charge is 0.493 e. The van der Waals surface area contributed by atoms with E-state index in [1.54, 1.807) is 59.5 Å². The molecule has 47 heavy (non-hydrogen) atoms. The molecule has 10 nitrogen and oxygen atoms in total. The second-order valence-corrected chi connectivity index (χ2v) is 11.3. The maximum atomic E-state index is 14.8. The number of hydrogen-bond acceptors (Lipinski definition) is 7. The Morgan fingerprint density at radius 1 is 0.872 bits per heavy atom. The number of carbonyl (C=O) groups excluding carboxylic acids is 3. The third kappa shape index (κ3) is 7.30. The fourth-order valence-corrected chi connectivity index (χ4v) is 5.62. The molecule has 2 N–H and O–H groups in total. The van der Waals surface area contributed by atoms with Crippen molar-refractivity contribution >= 4 is 17.7 Å². The van der Waals surface area contributed by atoms with Crippen LogP contribution in [0.25, 0.3) is 0 Å². The van der Waals surface area contributed by atoms with Gasteiger partial charge in [-0.3, -0.25) is 14.4 Å². The van der Waals surface area contributed by atoms with E-state index in [2.05, 4.69) is 10.6 Å². The lowest BCUT2D eigenvalue weighted by Crippen LogP contribution is -2.58. The first-order valence-corrected chi connectivity index (χ1v) is 15.3. The van der Waals surface area contributed by atoms with E-state index in [9.17, 15) is 18.8 Å². The Balaban J connectivity index is 1.28. The van der Waals surface area contributed by atoms with Gasteiger partial charge in [0.05, 0.1) is 13.7 Å². The van der Waals surface area contributed by atoms with Crippen LogP contribution in [0.1, 0.15) is 39.1 Å². The number of methoxy groups -OCH3 is 1. The van der Waals surface area contributed by atoms with E-state index in [0.29, 0.717) is 47.0 Å². The molecule has 1 saturated heterocycles. The summed E-state index contributed by atoms with van der Waals surface area (Å²) in [7, 11) is 1.46. The van der Waals surface area contributed by atoms with Gasteiger partial charge in [0.2, 0.25) is 0 Å².